The van der Waals surface area contributed by atoms with Gasteiger partial charge in [-0.05, 0) is 24.1 Å². The van der Waals surface area contributed by atoms with Crippen LogP contribution in [-0.2, 0) is 16.0 Å². The first-order valence-corrected chi connectivity index (χ1v) is 11.1. The van der Waals surface area contributed by atoms with Gasteiger partial charge < -0.3 is 4.74 Å². The molecule has 1 aliphatic rings. The maximum atomic E-state index is 13.2. The summed E-state index contributed by atoms with van der Waals surface area (Å²) in [5, 5.41) is 1.34. The number of hydrogen-bond acceptors (Lipinski definition) is 5. The van der Waals surface area contributed by atoms with Crippen molar-refractivity contribution >= 4 is 56.6 Å². The lowest BCUT2D eigenvalue weighted by Gasteiger charge is -2.27. The number of anilines is 1. The highest BCUT2D eigenvalue weighted by atomic mass is 35.5. The minimum Gasteiger partial charge on any atom is -0.379 e. The van der Waals surface area contributed by atoms with Crippen molar-refractivity contribution in [1.82, 2.24) is 9.88 Å². The smallest absolute Gasteiger partial charge is 0.233 e. The van der Waals surface area contributed by atoms with E-state index in [0.29, 0.717) is 18.0 Å². The molecule has 160 valence electrons. The number of ether oxygens (including phenoxy) is 1. The lowest BCUT2D eigenvalue weighted by molar-refractivity contribution is -0.118. The number of halogens is 2. The lowest BCUT2D eigenvalue weighted by Crippen LogP contribution is -2.39. The Balaban J connectivity index is 0.00000256. The molecule has 1 saturated heterocycles. The van der Waals surface area contributed by atoms with E-state index in [4.69, 9.17) is 21.3 Å². The molecule has 2 heterocycles. The summed E-state index contributed by atoms with van der Waals surface area (Å²) in [5.74, 6) is 0.0633. The standard InChI is InChI=1S/C22H24ClN3O2S.ClH/c23-18-8-4-9-19-21(18)24-22(29-19)26(11-5-10-25-12-14-28-15-13-25)20(27)16-17-6-2-1-3-7-17;/h1-4,6-9H,5,10-16H2;1H. The second-order valence-corrected chi connectivity index (χ2v) is 8.51. The Morgan fingerprint density at radius 2 is 1.90 bits per heavy atom. The summed E-state index contributed by atoms with van der Waals surface area (Å²) in [5.41, 5.74) is 1.77. The van der Waals surface area contributed by atoms with Gasteiger partial charge in [0, 0.05) is 26.2 Å². The van der Waals surface area contributed by atoms with Crippen molar-refractivity contribution in [2.45, 2.75) is 12.8 Å². The zero-order valence-electron chi connectivity index (χ0n) is 16.6. The van der Waals surface area contributed by atoms with Crippen molar-refractivity contribution < 1.29 is 9.53 Å². The van der Waals surface area contributed by atoms with E-state index in [2.05, 4.69) is 4.90 Å². The normalized spacial score (nSPS) is 14.4. The van der Waals surface area contributed by atoms with Crippen molar-refractivity contribution in [2.75, 3.05) is 44.3 Å². The highest BCUT2D eigenvalue weighted by Gasteiger charge is 2.21. The van der Waals surface area contributed by atoms with Crippen LogP contribution in [0.1, 0.15) is 12.0 Å². The van der Waals surface area contributed by atoms with E-state index in [-0.39, 0.29) is 18.3 Å². The molecule has 2 aromatic carbocycles. The number of fused-ring (bicyclic) bond motifs is 1. The monoisotopic (exact) mass is 465 g/mol. The van der Waals surface area contributed by atoms with Crippen molar-refractivity contribution in [2.24, 2.45) is 0 Å². The molecule has 5 nitrogen and oxygen atoms in total. The number of carbonyl (C=O) groups is 1. The molecule has 0 bridgehead atoms. The van der Waals surface area contributed by atoms with Crippen molar-refractivity contribution in [1.29, 1.82) is 0 Å². The summed E-state index contributed by atoms with van der Waals surface area (Å²) in [6.45, 7) is 5.06. The number of morpholine rings is 1. The van der Waals surface area contributed by atoms with Crippen molar-refractivity contribution in [3.8, 4) is 0 Å². The van der Waals surface area contributed by atoms with Gasteiger partial charge in [-0.1, -0.05) is 59.3 Å². The predicted molar refractivity (Wildman–Crippen MR) is 126 cm³/mol. The summed E-state index contributed by atoms with van der Waals surface area (Å²) >= 11 is 7.83. The lowest BCUT2D eigenvalue weighted by atomic mass is 10.1. The quantitative estimate of drug-likeness (QED) is 0.508. The molecule has 0 aliphatic carbocycles. The molecule has 1 aromatic heterocycles. The molecule has 8 heteroatoms. The number of amides is 1. The van der Waals surface area contributed by atoms with Gasteiger partial charge in [0.15, 0.2) is 5.13 Å². The molecule has 0 atom stereocenters. The van der Waals surface area contributed by atoms with Gasteiger partial charge in [0.05, 0.1) is 29.4 Å². The summed E-state index contributed by atoms with van der Waals surface area (Å²) in [4.78, 5) is 22.1. The van der Waals surface area contributed by atoms with Crippen molar-refractivity contribution in [3.63, 3.8) is 0 Å². The maximum absolute atomic E-state index is 13.2. The molecular weight excluding hydrogens is 441 g/mol. The van der Waals surface area contributed by atoms with Gasteiger partial charge in [0.1, 0.15) is 5.52 Å². The maximum Gasteiger partial charge on any atom is 0.233 e. The first-order chi connectivity index (χ1) is 14.2. The topological polar surface area (TPSA) is 45.7 Å². The largest absolute Gasteiger partial charge is 0.379 e. The van der Waals surface area contributed by atoms with Crippen molar-refractivity contribution in [3.05, 3.63) is 59.1 Å². The Bertz CT molecular complexity index is 961. The van der Waals surface area contributed by atoms with Crippen LogP contribution in [0.2, 0.25) is 5.02 Å². The van der Waals surface area contributed by atoms with E-state index in [1.165, 1.54) is 11.3 Å². The second kappa shape index (κ2) is 11.1. The number of nitrogens with zero attached hydrogens (tertiary/aromatic N) is 3. The second-order valence-electron chi connectivity index (χ2n) is 7.10. The molecule has 0 N–H and O–H groups in total. The molecule has 0 spiro atoms. The zero-order valence-corrected chi connectivity index (χ0v) is 19.0. The van der Waals surface area contributed by atoms with Crippen LogP contribution in [0.25, 0.3) is 10.2 Å². The average Bonchev–Trinajstić information content (AvgIpc) is 3.18. The third-order valence-corrected chi connectivity index (χ3v) is 6.40. The van der Waals surface area contributed by atoms with Gasteiger partial charge in [-0.2, -0.15) is 0 Å². The third kappa shape index (κ3) is 5.71. The van der Waals surface area contributed by atoms with E-state index < -0.39 is 0 Å². The van der Waals surface area contributed by atoms with Crippen LogP contribution < -0.4 is 4.90 Å². The number of thiazole rings is 1. The van der Waals surface area contributed by atoms with E-state index in [9.17, 15) is 4.79 Å². The number of aromatic nitrogens is 1. The van der Waals surface area contributed by atoms with Crippen LogP contribution in [0.5, 0.6) is 0 Å². The van der Waals surface area contributed by atoms with Crippen LogP contribution in [0.4, 0.5) is 5.13 Å². The van der Waals surface area contributed by atoms with E-state index in [0.717, 1.165) is 60.2 Å². The molecule has 30 heavy (non-hydrogen) atoms. The minimum absolute atomic E-state index is 0. The molecular formula is C22H25Cl2N3O2S. The fourth-order valence-electron chi connectivity index (χ4n) is 3.49. The van der Waals surface area contributed by atoms with E-state index in [1.54, 1.807) is 0 Å². The fourth-order valence-corrected chi connectivity index (χ4v) is 4.80. The summed E-state index contributed by atoms with van der Waals surface area (Å²) in [6, 6.07) is 15.6. The van der Waals surface area contributed by atoms with Gasteiger partial charge in [-0.3, -0.25) is 14.6 Å². The predicted octanol–water partition coefficient (Wildman–Crippen LogP) is 4.67. The van der Waals surface area contributed by atoms with Gasteiger partial charge in [-0.15, -0.1) is 12.4 Å². The molecule has 1 fully saturated rings. The van der Waals surface area contributed by atoms with Gasteiger partial charge in [0.2, 0.25) is 5.91 Å². The van der Waals surface area contributed by atoms with E-state index in [1.807, 2.05) is 53.4 Å². The SMILES string of the molecule is Cl.O=C(Cc1ccccc1)N(CCCN1CCOCC1)c1nc2c(Cl)cccc2s1. The number of benzene rings is 2. The molecule has 0 unspecified atom stereocenters. The Kier molecular flexibility index (Phi) is 8.48. The summed E-state index contributed by atoms with van der Waals surface area (Å²) < 4.78 is 6.42. The zero-order chi connectivity index (χ0) is 20.1. The number of hydrogen-bond donors (Lipinski definition) is 0. The molecule has 0 radical (unpaired) electrons. The van der Waals surface area contributed by atoms with E-state index >= 15 is 0 Å². The third-order valence-electron chi connectivity index (χ3n) is 5.05. The van der Waals surface area contributed by atoms with Crippen LogP contribution >= 0.6 is 35.3 Å². The average molecular weight is 466 g/mol. The Labute approximate surface area is 192 Å². The van der Waals surface area contributed by atoms with Gasteiger partial charge in [0.25, 0.3) is 0 Å². The highest BCUT2D eigenvalue weighted by molar-refractivity contribution is 7.22. The highest BCUT2D eigenvalue weighted by Crippen LogP contribution is 2.33. The molecule has 4 rings (SSSR count). The Morgan fingerprint density at radius 1 is 1.13 bits per heavy atom. The molecule has 1 aliphatic heterocycles. The van der Waals surface area contributed by atoms with Gasteiger partial charge >= 0.3 is 0 Å². The number of para-hydroxylation sites is 1. The van der Waals surface area contributed by atoms with Crippen LogP contribution in [0.15, 0.2) is 48.5 Å². The Morgan fingerprint density at radius 3 is 2.63 bits per heavy atom. The summed E-state index contributed by atoms with van der Waals surface area (Å²) in [7, 11) is 0. The van der Waals surface area contributed by atoms with Crippen LogP contribution in [0, 0.1) is 0 Å². The molecule has 3 aromatic rings. The molecule has 1 amide bonds. The minimum atomic E-state index is 0. The first-order valence-electron chi connectivity index (χ1n) is 9.90. The fraction of sp³-hybridized carbons (Fsp3) is 0.364. The first kappa shape index (κ1) is 23.0. The van der Waals surface area contributed by atoms with Crippen LogP contribution in [-0.4, -0.2) is 55.2 Å². The van der Waals surface area contributed by atoms with Crippen LogP contribution in [0.3, 0.4) is 0 Å². The van der Waals surface area contributed by atoms with Gasteiger partial charge in [-0.25, -0.2) is 4.98 Å². The molecule has 0 saturated carbocycles. The number of carbonyl (C=O) groups excluding carboxylic acids is 1. The number of rotatable bonds is 7. The summed E-state index contributed by atoms with van der Waals surface area (Å²) in [6.07, 6.45) is 1.26. The Hall–Kier alpha value is -1.70.